The number of ether oxygens (including phenoxy) is 2. The van der Waals surface area contributed by atoms with Gasteiger partial charge in [-0.2, -0.15) is 0 Å². The number of nitrogens with one attached hydrogen (secondary N) is 1. The van der Waals surface area contributed by atoms with Crippen molar-refractivity contribution in [2.24, 2.45) is 11.3 Å². The summed E-state index contributed by atoms with van der Waals surface area (Å²) in [6.07, 6.45) is 1.38. The van der Waals surface area contributed by atoms with Crippen molar-refractivity contribution in [3.8, 4) is 0 Å². The van der Waals surface area contributed by atoms with E-state index in [9.17, 15) is 4.79 Å². The molecule has 3 fully saturated rings. The summed E-state index contributed by atoms with van der Waals surface area (Å²) in [4.78, 5) is 13.7. The third-order valence-corrected chi connectivity index (χ3v) is 5.05. The zero-order chi connectivity index (χ0) is 15.4. The molecule has 1 aliphatic carbocycles. The normalized spacial score (nSPS) is 34.9. The molecule has 0 aromatic heterocycles. The molecule has 3 atom stereocenters. The summed E-state index contributed by atoms with van der Waals surface area (Å²) in [7, 11) is 0. The Labute approximate surface area is 127 Å². The molecule has 21 heavy (non-hydrogen) atoms. The van der Waals surface area contributed by atoms with Gasteiger partial charge in [0.2, 0.25) is 0 Å². The van der Waals surface area contributed by atoms with Crippen molar-refractivity contribution in [1.29, 1.82) is 0 Å². The predicted octanol–water partition coefficient (Wildman–Crippen LogP) is 2.01. The summed E-state index contributed by atoms with van der Waals surface area (Å²) in [5.41, 5.74) is -0.215. The first-order valence-corrected chi connectivity index (χ1v) is 8.04. The van der Waals surface area contributed by atoms with E-state index in [1.165, 1.54) is 0 Å². The molecular weight excluding hydrogens is 268 g/mol. The quantitative estimate of drug-likeness (QED) is 0.847. The number of hydrogen-bond acceptors (Lipinski definition) is 4. The van der Waals surface area contributed by atoms with E-state index in [-0.39, 0.29) is 11.5 Å². The van der Waals surface area contributed by atoms with Gasteiger partial charge in [-0.25, -0.2) is 4.79 Å². The van der Waals surface area contributed by atoms with Gasteiger partial charge in [-0.3, -0.25) is 0 Å². The molecule has 120 valence electrons. The Bertz CT molecular complexity index is 424. The van der Waals surface area contributed by atoms with E-state index in [4.69, 9.17) is 9.47 Å². The number of carbonyl (C=O) groups is 1. The van der Waals surface area contributed by atoms with Crippen molar-refractivity contribution in [3.05, 3.63) is 0 Å². The second kappa shape index (κ2) is 4.85. The highest BCUT2D eigenvalue weighted by Gasteiger charge is 2.59. The minimum absolute atomic E-state index is 0.199. The molecule has 0 aromatic rings. The minimum Gasteiger partial charge on any atom is -0.444 e. The van der Waals surface area contributed by atoms with Crippen molar-refractivity contribution < 1.29 is 14.3 Å². The Morgan fingerprint density at radius 1 is 1.33 bits per heavy atom. The smallest absolute Gasteiger partial charge is 0.410 e. The summed E-state index contributed by atoms with van der Waals surface area (Å²) < 4.78 is 11.2. The van der Waals surface area contributed by atoms with Crippen LogP contribution in [0.1, 0.15) is 41.0 Å². The van der Waals surface area contributed by atoms with Crippen LogP contribution in [0.15, 0.2) is 0 Å². The number of nitrogens with zero attached hydrogens (tertiary/aromatic N) is 1. The lowest BCUT2D eigenvalue weighted by molar-refractivity contribution is -0.120. The van der Waals surface area contributed by atoms with Crippen molar-refractivity contribution in [1.82, 2.24) is 10.2 Å². The van der Waals surface area contributed by atoms with Crippen LogP contribution in [-0.4, -0.2) is 54.5 Å². The molecule has 0 spiro atoms. The van der Waals surface area contributed by atoms with Gasteiger partial charge in [-0.1, -0.05) is 13.8 Å². The number of carbonyl (C=O) groups excluding carboxylic acids is 1. The maximum atomic E-state index is 11.9. The first-order valence-electron chi connectivity index (χ1n) is 8.04. The number of amides is 1. The Hall–Kier alpha value is -0.810. The molecule has 2 aliphatic heterocycles. The maximum Gasteiger partial charge on any atom is 0.410 e. The maximum absolute atomic E-state index is 11.9. The van der Waals surface area contributed by atoms with Crippen LogP contribution < -0.4 is 5.32 Å². The van der Waals surface area contributed by atoms with E-state index in [0.29, 0.717) is 24.1 Å². The van der Waals surface area contributed by atoms with E-state index in [0.717, 1.165) is 26.1 Å². The average Bonchev–Trinajstić information content (AvgIpc) is 2.70. The Morgan fingerprint density at radius 3 is 2.62 bits per heavy atom. The Kier molecular flexibility index (Phi) is 3.49. The van der Waals surface area contributed by atoms with Crippen LogP contribution >= 0.6 is 0 Å². The fourth-order valence-corrected chi connectivity index (χ4v) is 3.98. The van der Waals surface area contributed by atoms with Gasteiger partial charge in [0.15, 0.2) is 0 Å². The lowest BCUT2D eigenvalue weighted by atomic mass is 9.57. The summed E-state index contributed by atoms with van der Waals surface area (Å²) >= 11 is 0. The van der Waals surface area contributed by atoms with Crippen LogP contribution in [0.25, 0.3) is 0 Å². The summed E-state index contributed by atoms with van der Waals surface area (Å²) in [6.45, 7) is 12.7. The molecule has 1 N–H and O–H groups in total. The summed E-state index contributed by atoms with van der Waals surface area (Å²) in [5.74, 6) is 0.649. The van der Waals surface area contributed by atoms with Gasteiger partial charge in [-0.05, 0) is 27.2 Å². The standard InChI is InChI=1S/C16H28N2O3/c1-15(2,3)21-14(19)18-8-10(9-18)17-12-11-6-7-20-13(11)16(12,4)5/h10-13,17H,6-9H2,1-5H3. The van der Waals surface area contributed by atoms with E-state index in [1.54, 1.807) is 4.90 Å². The largest absolute Gasteiger partial charge is 0.444 e. The fraction of sp³-hybridized carbons (Fsp3) is 0.938. The molecule has 5 nitrogen and oxygen atoms in total. The Balaban J connectivity index is 1.46. The lowest BCUT2D eigenvalue weighted by Crippen LogP contribution is -2.72. The predicted molar refractivity (Wildman–Crippen MR) is 80.1 cm³/mol. The molecular formula is C16H28N2O3. The van der Waals surface area contributed by atoms with Crippen molar-refractivity contribution >= 4 is 6.09 Å². The molecule has 1 amide bonds. The second-order valence-electron chi connectivity index (χ2n) is 8.29. The van der Waals surface area contributed by atoms with E-state index in [1.807, 2.05) is 20.8 Å². The molecule has 3 unspecified atom stereocenters. The van der Waals surface area contributed by atoms with Gasteiger partial charge >= 0.3 is 6.09 Å². The third kappa shape index (κ3) is 2.66. The van der Waals surface area contributed by atoms with Crippen LogP contribution in [0.5, 0.6) is 0 Å². The molecule has 0 radical (unpaired) electrons. The summed E-state index contributed by atoms with van der Waals surface area (Å²) in [6, 6.07) is 0.902. The van der Waals surface area contributed by atoms with Crippen LogP contribution in [0, 0.1) is 11.3 Å². The van der Waals surface area contributed by atoms with Crippen LogP contribution in [0.3, 0.4) is 0 Å². The molecule has 1 saturated carbocycles. The zero-order valence-corrected chi connectivity index (χ0v) is 13.8. The average molecular weight is 296 g/mol. The van der Waals surface area contributed by atoms with Crippen molar-refractivity contribution in [2.45, 2.75) is 64.8 Å². The Morgan fingerprint density at radius 2 is 2.00 bits per heavy atom. The number of fused-ring (bicyclic) bond motifs is 1. The van der Waals surface area contributed by atoms with Gasteiger partial charge in [0.25, 0.3) is 0 Å². The SMILES string of the molecule is CC(C)(C)OC(=O)N1CC(NC2C3CCOC3C2(C)C)C1. The van der Waals surface area contributed by atoms with Crippen molar-refractivity contribution in [2.75, 3.05) is 19.7 Å². The highest BCUT2D eigenvalue weighted by molar-refractivity contribution is 5.69. The van der Waals surface area contributed by atoms with E-state index >= 15 is 0 Å². The number of hydrogen-bond donors (Lipinski definition) is 1. The van der Waals surface area contributed by atoms with Gasteiger partial charge in [0, 0.05) is 43.1 Å². The van der Waals surface area contributed by atoms with Crippen LogP contribution in [0.4, 0.5) is 4.79 Å². The van der Waals surface area contributed by atoms with Crippen LogP contribution in [-0.2, 0) is 9.47 Å². The van der Waals surface area contributed by atoms with E-state index in [2.05, 4.69) is 19.2 Å². The van der Waals surface area contributed by atoms with Crippen LogP contribution in [0.2, 0.25) is 0 Å². The molecule has 5 heteroatoms. The first-order chi connectivity index (χ1) is 9.68. The van der Waals surface area contributed by atoms with Gasteiger partial charge in [-0.15, -0.1) is 0 Å². The van der Waals surface area contributed by atoms with E-state index < -0.39 is 5.60 Å². The molecule has 3 rings (SSSR count). The van der Waals surface area contributed by atoms with Crippen molar-refractivity contribution in [3.63, 3.8) is 0 Å². The topological polar surface area (TPSA) is 50.8 Å². The zero-order valence-electron chi connectivity index (χ0n) is 13.8. The molecule has 2 saturated heterocycles. The second-order valence-corrected chi connectivity index (χ2v) is 8.29. The van der Waals surface area contributed by atoms with Gasteiger partial charge in [0.1, 0.15) is 5.60 Å². The highest BCUT2D eigenvalue weighted by Crippen LogP contribution is 2.52. The number of rotatable bonds is 2. The monoisotopic (exact) mass is 296 g/mol. The van der Waals surface area contributed by atoms with Gasteiger partial charge in [0.05, 0.1) is 6.10 Å². The van der Waals surface area contributed by atoms with Gasteiger partial charge < -0.3 is 19.7 Å². The number of likely N-dealkylation sites (tertiary alicyclic amines) is 1. The third-order valence-electron chi connectivity index (χ3n) is 5.05. The molecule has 2 heterocycles. The highest BCUT2D eigenvalue weighted by atomic mass is 16.6. The minimum atomic E-state index is -0.417. The lowest BCUT2D eigenvalue weighted by Gasteiger charge is -2.57. The first kappa shape index (κ1) is 15.1. The molecule has 3 aliphatic rings. The molecule has 0 aromatic carbocycles. The fourth-order valence-electron chi connectivity index (χ4n) is 3.98. The molecule has 0 bridgehead atoms. The summed E-state index contributed by atoms with van der Waals surface area (Å²) in [5, 5.41) is 3.73.